The normalized spacial score (nSPS) is 10.9. The second-order valence-corrected chi connectivity index (χ2v) is 4.98. The van der Waals surface area contributed by atoms with Gasteiger partial charge in [0, 0.05) is 23.5 Å². The smallest absolute Gasteiger partial charge is 0.340 e. The highest BCUT2D eigenvalue weighted by Crippen LogP contribution is 2.28. The number of esters is 1. The SMILES string of the molecule is CCOC(=O)c1cc2cc(CO)ccn2c1-c1ccc(F)nc1. The van der Waals surface area contributed by atoms with Gasteiger partial charge in [0.05, 0.1) is 24.5 Å². The second-order valence-electron chi connectivity index (χ2n) is 4.98. The molecule has 23 heavy (non-hydrogen) atoms. The van der Waals surface area contributed by atoms with Crippen molar-refractivity contribution < 1.29 is 19.0 Å². The fourth-order valence-electron chi connectivity index (χ4n) is 2.50. The van der Waals surface area contributed by atoms with Gasteiger partial charge in [-0.05, 0) is 42.8 Å². The lowest BCUT2D eigenvalue weighted by molar-refractivity contribution is 0.0527. The van der Waals surface area contributed by atoms with Gasteiger partial charge < -0.3 is 14.2 Å². The van der Waals surface area contributed by atoms with E-state index in [-0.39, 0.29) is 13.2 Å². The number of aliphatic hydroxyl groups excluding tert-OH is 1. The number of ether oxygens (including phenoxy) is 1. The molecule has 3 rings (SSSR count). The van der Waals surface area contributed by atoms with E-state index in [1.807, 2.05) is 0 Å². The zero-order valence-corrected chi connectivity index (χ0v) is 12.5. The van der Waals surface area contributed by atoms with Crippen molar-refractivity contribution in [2.45, 2.75) is 13.5 Å². The summed E-state index contributed by atoms with van der Waals surface area (Å²) in [4.78, 5) is 15.9. The van der Waals surface area contributed by atoms with Crippen LogP contribution in [0.3, 0.4) is 0 Å². The quantitative estimate of drug-likeness (QED) is 0.594. The number of carbonyl (C=O) groups is 1. The predicted octanol–water partition coefficient (Wildman–Crippen LogP) is 2.81. The number of hydrogen-bond donors (Lipinski definition) is 1. The molecule has 3 heterocycles. The van der Waals surface area contributed by atoms with Crippen LogP contribution in [0.5, 0.6) is 0 Å². The highest BCUT2D eigenvalue weighted by Gasteiger charge is 2.20. The molecule has 0 spiro atoms. The Labute approximate surface area is 132 Å². The molecule has 0 bridgehead atoms. The van der Waals surface area contributed by atoms with E-state index >= 15 is 0 Å². The van der Waals surface area contributed by atoms with Gasteiger partial charge in [-0.3, -0.25) is 0 Å². The summed E-state index contributed by atoms with van der Waals surface area (Å²) in [6.45, 7) is 1.90. The van der Waals surface area contributed by atoms with Gasteiger partial charge >= 0.3 is 5.97 Å². The number of aliphatic hydroxyl groups is 1. The second kappa shape index (κ2) is 6.18. The van der Waals surface area contributed by atoms with E-state index in [1.54, 1.807) is 41.8 Å². The molecule has 1 N–H and O–H groups in total. The number of carbonyl (C=O) groups excluding carboxylic acids is 1. The van der Waals surface area contributed by atoms with Crippen molar-refractivity contribution in [3.05, 3.63) is 59.8 Å². The van der Waals surface area contributed by atoms with Crippen LogP contribution < -0.4 is 0 Å². The lowest BCUT2D eigenvalue weighted by Crippen LogP contribution is -2.05. The van der Waals surface area contributed by atoms with E-state index in [1.165, 1.54) is 12.3 Å². The molecule has 0 aromatic carbocycles. The van der Waals surface area contributed by atoms with Crippen LogP contribution in [0.15, 0.2) is 42.7 Å². The van der Waals surface area contributed by atoms with Gasteiger partial charge in [-0.2, -0.15) is 4.39 Å². The molecule has 3 aromatic rings. The first-order chi connectivity index (χ1) is 11.1. The van der Waals surface area contributed by atoms with Gasteiger partial charge in [-0.15, -0.1) is 0 Å². The van der Waals surface area contributed by atoms with Crippen molar-refractivity contribution in [3.63, 3.8) is 0 Å². The van der Waals surface area contributed by atoms with Gasteiger partial charge in [0.1, 0.15) is 0 Å². The number of nitrogens with zero attached hydrogens (tertiary/aromatic N) is 2. The zero-order chi connectivity index (χ0) is 16.4. The van der Waals surface area contributed by atoms with Crippen molar-refractivity contribution in [1.29, 1.82) is 0 Å². The van der Waals surface area contributed by atoms with Crippen molar-refractivity contribution >= 4 is 11.5 Å². The third kappa shape index (κ3) is 2.80. The first kappa shape index (κ1) is 15.2. The van der Waals surface area contributed by atoms with Gasteiger partial charge in [0.25, 0.3) is 0 Å². The molecule has 6 heteroatoms. The maximum Gasteiger partial charge on any atom is 0.340 e. The van der Waals surface area contributed by atoms with Gasteiger partial charge in [-0.1, -0.05) is 0 Å². The largest absolute Gasteiger partial charge is 0.462 e. The zero-order valence-electron chi connectivity index (χ0n) is 12.5. The average molecular weight is 314 g/mol. The Hall–Kier alpha value is -2.73. The minimum atomic E-state index is -0.588. The Morgan fingerprint density at radius 2 is 2.17 bits per heavy atom. The Morgan fingerprint density at radius 1 is 1.35 bits per heavy atom. The molecule has 0 aliphatic heterocycles. The van der Waals surface area contributed by atoms with Crippen molar-refractivity contribution in [1.82, 2.24) is 9.38 Å². The molecule has 118 valence electrons. The highest BCUT2D eigenvalue weighted by molar-refractivity contribution is 5.99. The van der Waals surface area contributed by atoms with Crippen LogP contribution in [-0.4, -0.2) is 27.1 Å². The Bertz CT molecular complexity index is 856. The summed E-state index contributed by atoms with van der Waals surface area (Å²) in [5.41, 5.74) is 3.02. The van der Waals surface area contributed by atoms with Crippen LogP contribution in [-0.2, 0) is 11.3 Å². The van der Waals surface area contributed by atoms with E-state index in [0.29, 0.717) is 16.8 Å². The predicted molar refractivity (Wildman–Crippen MR) is 82.5 cm³/mol. The summed E-state index contributed by atoms with van der Waals surface area (Å²) in [6, 6.07) is 8.03. The number of halogens is 1. The topological polar surface area (TPSA) is 63.8 Å². The van der Waals surface area contributed by atoms with Crippen LogP contribution in [0.25, 0.3) is 16.8 Å². The number of aromatic nitrogens is 2. The average Bonchev–Trinajstić information content (AvgIpc) is 2.94. The van der Waals surface area contributed by atoms with Crippen LogP contribution in [0.4, 0.5) is 4.39 Å². The number of fused-ring (bicyclic) bond motifs is 1. The Morgan fingerprint density at radius 3 is 2.83 bits per heavy atom. The third-order valence-electron chi connectivity index (χ3n) is 3.52. The van der Waals surface area contributed by atoms with Crippen molar-refractivity contribution in [3.8, 4) is 11.3 Å². The fourth-order valence-corrected chi connectivity index (χ4v) is 2.50. The molecule has 0 aliphatic rings. The molecule has 0 saturated carbocycles. The maximum atomic E-state index is 13.1. The number of rotatable bonds is 4. The molecular weight excluding hydrogens is 299 g/mol. The monoisotopic (exact) mass is 314 g/mol. The molecule has 3 aromatic heterocycles. The molecule has 0 atom stereocenters. The van der Waals surface area contributed by atoms with Crippen molar-refractivity contribution in [2.75, 3.05) is 6.61 Å². The summed E-state index contributed by atoms with van der Waals surface area (Å²) in [7, 11) is 0. The van der Waals surface area contributed by atoms with Gasteiger partial charge in [0.2, 0.25) is 5.95 Å². The molecule has 0 aliphatic carbocycles. The number of hydrogen-bond acceptors (Lipinski definition) is 4. The molecule has 0 radical (unpaired) electrons. The van der Waals surface area contributed by atoms with E-state index in [9.17, 15) is 14.3 Å². The molecule has 0 saturated heterocycles. The maximum absolute atomic E-state index is 13.1. The molecule has 5 nitrogen and oxygen atoms in total. The highest BCUT2D eigenvalue weighted by atomic mass is 19.1. The first-order valence-corrected chi connectivity index (χ1v) is 7.18. The minimum absolute atomic E-state index is 0.0934. The molecule has 0 fully saturated rings. The minimum Gasteiger partial charge on any atom is -0.462 e. The van der Waals surface area contributed by atoms with Crippen LogP contribution in [0.1, 0.15) is 22.8 Å². The lowest BCUT2D eigenvalue weighted by atomic mass is 10.1. The summed E-state index contributed by atoms with van der Waals surface area (Å²) in [6.07, 6.45) is 3.13. The first-order valence-electron chi connectivity index (χ1n) is 7.18. The van der Waals surface area contributed by atoms with Crippen molar-refractivity contribution in [2.24, 2.45) is 0 Å². The lowest BCUT2D eigenvalue weighted by Gasteiger charge is -2.07. The van der Waals surface area contributed by atoms with Gasteiger partial charge in [0.15, 0.2) is 0 Å². The van der Waals surface area contributed by atoms with Crippen LogP contribution in [0, 0.1) is 5.95 Å². The van der Waals surface area contributed by atoms with E-state index in [2.05, 4.69) is 4.98 Å². The van der Waals surface area contributed by atoms with Gasteiger partial charge in [-0.25, -0.2) is 9.78 Å². The third-order valence-corrected chi connectivity index (χ3v) is 3.52. The Kier molecular flexibility index (Phi) is 4.08. The fraction of sp³-hybridized carbons (Fsp3) is 0.176. The Balaban J connectivity index is 2.24. The summed E-state index contributed by atoms with van der Waals surface area (Å²) in [5, 5.41) is 9.26. The summed E-state index contributed by atoms with van der Waals surface area (Å²) < 4.78 is 20.0. The van der Waals surface area contributed by atoms with Crippen LogP contribution in [0.2, 0.25) is 0 Å². The molecule has 0 unspecified atom stereocenters. The number of pyridine rings is 2. The summed E-state index contributed by atoms with van der Waals surface area (Å²) >= 11 is 0. The van der Waals surface area contributed by atoms with E-state index in [4.69, 9.17) is 4.74 Å². The van der Waals surface area contributed by atoms with Crippen LogP contribution >= 0.6 is 0 Å². The van der Waals surface area contributed by atoms with E-state index in [0.717, 1.165) is 11.1 Å². The summed E-state index contributed by atoms with van der Waals surface area (Å²) in [5.74, 6) is -1.05. The molecule has 0 amide bonds. The van der Waals surface area contributed by atoms with E-state index < -0.39 is 11.9 Å². The standard InChI is InChI=1S/C17H15FN2O3/c1-2-23-17(22)14-8-13-7-11(10-21)5-6-20(13)16(14)12-3-4-15(18)19-9-12/h3-9,21H,2,10H2,1H3. The molecular formula is C17H15FN2O3.